The number of hydrogen-bond donors (Lipinski definition) is 1. The van der Waals surface area contributed by atoms with E-state index in [4.69, 9.17) is 9.47 Å². The largest absolute Gasteiger partial charge is 0.454 e. The van der Waals surface area contributed by atoms with Gasteiger partial charge in [-0.25, -0.2) is 0 Å². The van der Waals surface area contributed by atoms with Crippen LogP contribution in [0.15, 0.2) is 65.1 Å². The number of fused-ring (bicyclic) bond motifs is 2. The average Bonchev–Trinajstić information content (AvgIpc) is 3.37. The summed E-state index contributed by atoms with van der Waals surface area (Å²) in [6, 6.07) is 16.8. The first-order valence-corrected chi connectivity index (χ1v) is 12.0. The van der Waals surface area contributed by atoms with E-state index in [1.165, 1.54) is 6.08 Å². The van der Waals surface area contributed by atoms with Crippen molar-refractivity contribution in [2.75, 3.05) is 11.7 Å². The van der Waals surface area contributed by atoms with Crippen LogP contribution in [0, 0.1) is 13.8 Å². The van der Waals surface area contributed by atoms with Gasteiger partial charge in [-0.2, -0.15) is 0 Å². The Balaban J connectivity index is 1.42. The SMILES string of the molecule is Cc1ccc(C)c(CN2C(=O)[C@@](O)(CC(=O)/C=C/c3ccc4c(c3)OCO4)c3cc(Br)ccc32)c1. The van der Waals surface area contributed by atoms with E-state index in [-0.39, 0.29) is 19.0 Å². The quantitative estimate of drug-likeness (QED) is 0.440. The van der Waals surface area contributed by atoms with Gasteiger partial charge in [0.25, 0.3) is 5.91 Å². The van der Waals surface area contributed by atoms with Crippen molar-refractivity contribution in [3.63, 3.8) is 0 Å². The maximum Gasteiger partial charge on any atom is 0.264 e. The third-order valence-electron chi connectivity index (χ3n) is 6.42. The highest BCUT2D eigenvalue weighted by molar-refractivity contribution is 9.10. The molecular formula is C28H24BrNO5. The maximum atomic E-state index is 13.6. The van der Waals surface area contributed by atoms with E-state index in [2.05, 4.69) is 15.9 Å². The first-order valence-electron chi connectivity index (χ1n) is 11.3. The van der Waals surface area contributed by atoms with Crippen LogP contribution < -0.4 is 14.4 Å². The van der Waals surface area contributed by atoms with Crippen molar-refractivity contribution in [1.82, 2.24) is 0 Å². The third-order valence-corrected chi connectivity index (χ3v) is 6.91. The van der Waals surface area contributed by atoms with Gasteiger partial charge in [-0.1, -0.05) is 51.8 Å². The van der Waals surface area contributed by atoms with E-state index in [0.29, 0.717) is 29.3 Å². The topological polar surface area (TPSA) is 76.1 Å². The zero-order valence-electron chi connectivity index (χ0n) is 19.4. The summed E-state index contributed by atoms with van der Waals surface area (Å²) >= 11 is 3.43. The predicted octanol–water partition coefficient (Wildman–Crippen LogP) is 5.20. The fraction of sp³-hybridized carbons (Fsp3) is 0.214. The van der Waals surface area contributed by atoms with Crippen LogP contribution in [-0.2, 0) is 21.7 Å². The molecule has 0 radical (unpaired) electrons. The Hall–Kier alpha value is -3.42. The van der Waals surface area contributed by atoms with Crippen molar-refractivity contribution in [3.05, 3.63) is 93.0 Å². The van der Waals surface area contributed by atoms with Crippen LogP contribution in [0.4, 0.5) is 5.69 Å². The van der Waals surface area contributed by atoms with Crippen LogP contribution in [0.25, 0.3) is 6.08 Å². The maximum absolute atomic E-state index is 13.6. The molecule has 0 saturated heterocycles. The number of aryl methyl sites for hydroxylation is 2. The molecule has 1 N–H and O–H groups in total. The number of anilines is 1. The Morgan fingerprint density at radius 1 is 1.09 bits per heavy atom. The number of aliphatic hydroxyl groups is 1. The molecule has 7 heteroatoms. The van der Waals surface area contributed by atoms with Crippen molar-refractivity contribution in [2.45, 2.75) is 32.4 Å². The zero-order chi connectivity index (χ0) is 24.7. The molecule has 0 aliphatic carbocycles. The molecule has 2 heterocycles. The van der Waals surface area contributed by atoms with E-state index in [1.807, 2.05) is 44.2 Å². The van der Waals surface area contributed by atoms with Gasteiger partial charge in [-0.05, 0) is 66.9 Å². The summed E-state index contributed by atoms with van der Waals surface area (Å²) in [6.45, 7) is 4.48. The molecule has 5 rings (SSSR count). The van der Waals surface area contributed by atoms with Gasteiger partial charge in [-0.3, -0.25) is 9.59 Å². The Morgan fingerprint density at radius 3 is 2.71 bits per heavy atom. The fourth-order valence-corrected chi connectivity index (χ4v) is 4.87. The second-order valence-corrected chi connectivity index (χ2v) is 9.85. The van der Waals surface area contributed by atoms with Crippen LogP contribution in [0.1, 0.15) is 34.2 Å². The Kier molecular flexibility index (Phi) is 5.99. The lowest BCUT2D eigenvalue weighted by atomic mass is 9.89. The van der Waals surface area contributed by atoms with Crippen LogP contribution >= 0.6 is 15.9 Å². The number of benzene rings is 3. The van der Waals surface area contributed by atoms with E-state index in [0.717, 1.165) is 26.7 Å². The van der Waals surface area contributed by atoms with Gasteiger partial charge in [0.05, 0.1) is 18.7 Å². The van der Waals surface area contributed by atoms with Gasteiger partial charge in [0.2, 0.25) is 6.79 Å². The molecule has 1 amide bonds. The molecule has 0 saturated carbocycles. The zero-order valence-corrected chi connectivity index (χ0v) is 21.0. The summed E-state index contributed by atoms with van der Waals surface area (Å²) in [6.07, 6.45) is 2.66. The Bertz CT molecular complexity index is 1380. The molecule has 2 aliphatic rings. The van der Waals surface area contributed by atoms with E-state index < -0.39 is 11.5 Å². The molecule has 0 spiro atoms. The minimum absolute atomic E-state index is 0.171. The molecule has 3 aromatic carbocycles. The fourth-order valence-electron chi connectivity index (χ4n) is 4.51. The van der Waals surface area contributed by atoms with Crippen molar-refractivity contribution in [3.8, 4) is 11.5 Å². The summed E-state index contributed by atoms with van der Waals surface area (Å²) in [5, 5.41) is 11.6. The number of allylic oxidation sites excluding steroid dienone is 1. The highest BCUT2D eigenvalue weighted by Crippen LogP contribution is 2.44. The standard InChI is InChI=1S/C28H24BrNO5/c1-17-3-4-18(2)20(11-17)15-30-24-9-7-21(29)13-23(24)28(33,27(30)32)14-22(31)8-5-19-6-10-25-26(12-19)35-16-34-25/h3-13,33H,14-16H2,1-2H3/b8-5+/t28-/m1/s1. The van der Waals surface area contributed by atoms with Crippen LogP contribution in [0.3, 0.4) is 0 Å². The lowest BCUT2D eigenvalue weighted by molar-refractivity contribution is -0.140. The second-order valence-electron chi connectivity index (χ2n) is 8.93. The Morgan fingerprint density at radius 2 is 1.89 bits per heavy atom. The summed E-state index contributed by atoms with van der Waals surface area (Å²) in [5.41, 5.74) is 2.97. The second kappa shape index (κ2) is 8.98. The lowest BCUT2D eigenvalue weighted by Crippen LogP contribution is -2.41. The third kappa shape index (κ3) is 4.37. The predicted molar refractivity (Wildman–Crippen MR) is 136 cm³/mol. The summed E-state index contributed by atoms with van der Waals surface area (Å²) < 4.78 is 11.4. The van der Waals surface area contributed by atoms with Crippen molar-refractivity contribution in [1.29, 1.82) is 0 Å². The monoisotopic (exact) mass is 533 g/mol. The number of halogens is 1. The minimum atomic E-state index is -1.95. The number of hydrogen-bond acceptors (Lipinski definition) is 5. The molecule has 0 fully saturated rings. The summed E-state index contributed by atoms with van der Waals surface area (Å²) in [4.78, 5) is 28.1. The van der Waals surface area contributed by atoms with Gasteiger partial charge in [0, 0.05) is 10.0 Å². The molecule has 3 aromatic rings. The first-order chi connectivity index (χ1) is 16.7. The molecule has 2 aliphatic heterocycles. The molecular weight excluding hydrogens is 510 g/mol. The number of amides is 1. The molecule has 0 bridgehead atoms. The number of nitrogens with zero attached hydrogens (tertiary/aromatic N) is 1. The average molecular weight is 534 g/mol. The molecule has 1 atom stereocenters. The number of carbonyl (C=O) groups excluding carboxylic acids is 2. The molecule has 6 nitrogen and oxygen atoms in total. The number of ketones is 1. The van der Waals surface area contributed by atoms with Gasteiger partial charge >= 0.3 is 0 Å². The van der Waals surface area contributed by atoms with Crippen molar-refractivity contribution in [2.24, 2.45) is 0 Å². The summed E-state index contributed by atoms with van der Waals surface area (Å²) in [5.74, 6) is 0.407. The highest BCUT2D eigenvalue weighted by Gasteiger charge is 2.50. The highest BCUT2D eigenvalue weighted by atomic mass is 79.9. The van der Waals surface area contributed by atoms with Crippen molar-refractivity contribution < 1.29 is 24.2 Å². The van der Waals surface area contributed by atoms with Gasteiger partial charge in [0.1, 0.15) is 0 Å². The van der Waals surface area contributed by atoms with Gasteiger partial charge in [0.15, 0.2) is 22.9 Å². The number of ether oxygens (including phenoxy) is 2. The summed E-state index contributed by atoms with van der Waals surface area (Å²) in [7, 11) is 0. The van der Waals surface area contributed by atoms with Crippen LogP contribution in [0.5, 0.6) is 11.5 Å². The van der Waals surface area contributed by atoms with Gasteiger partial charge < -0.3 is 19.5 Å². The lowest BCUT2D eigenvalue weighted by Gasteiger charge is -2.23. The number of carbonyl (C=O) groups is 2. The van der Waals surface area contributed by atoms with Crippen LogP contribution in [-0.4, -0.2) is 23.6 Å². The molecule has 35 heavy (non-hydrogen) atoms. The molecule has 0 unspecified atom stereocenters. The van der Waals surface area contributed by atoms with E-state index >= 15 is 0 Å². The van der Waals surface area contributed by atoms with Crippen LogP contribution in [0.2, 0.25) is 0 Å². The normalized spacial score (nSPS) is 18.4. The van der Waals surface area contributed by atoms with Gasteiger partial charge in [-0.15, -0.1) is 0 Å². The smallest absolute Gasteiger partial charge is 0.264 e. The molecule has 178 valence electrons. The minimum Gasteiger partial charge on any atom is -0.454 e. The van der Waals surface area contributed by atoms with Crippen molar-refractivity contribution >= 4 is 39.4 Å². The van der Waals surface area contributed by atoms with E-state index in [1.54, 1.807) is 35.2 Å². The first kappa shape index (κ1) is 23.3. The molecule has 0 aromatic heterocycles. The number of rotatable bonds is 6. The van der Waals surface area contributed by atoms with E-state index in [9.17, 15) is 14.7 Å². The Labute approximate surface area is 211 Å².